The molecule has 32 heavy (non-hydrogen) atoms. The zero-order chi connectivity index (χ0) is 22.8. The molecule has 0 N–H and O–H groups in total. The predicted molar refractivity (Wildman–Crippen MR) is 120 cm³/mol. The summed E-state index contributed by atoms with van der Waals surface area (Å²) in [6.45, 7) is 6.51. The molecular weight excluding hydrogens is 428 g/mol. The first-order valence-corrected chi connectivity index (χ1v) is 11.3. The molecule has 1 fully saturated rings. The number of anilines is 1. The fourth-order valence-corrected chi connectivity index (χ4v) is 4.41. The number of aryl methyl sites for hydroxylation is 1. The molecule has 0 bridgehead atoms. The molecule has 0 aliphatic carbocycles. The van der Waals surface area contributed by atoms with Gasteiger partial charge in [-0.3, -0.25) is 19.3 Å². The number of rotatable bonds is 8. The summed E-state index contributed by atoms with van der Waals surface area (Å²) in [6, 6.07) is 9.54. The lowest BCUT2D eigenvalue weighted by Crippen LogP contribution is -2.30. The number of furan rings is 1. The van der Waals surface area contributed by atoms with Crippen molar-refractivity contribution in [3.05, 3.63) is 65.1 Å². The van der Waals surface area contributed by atoms with Crippen LogP contribution in [0.1, 0.15) is 48.2 Å². The fraction of sp³-hybridized carbons (Fsp3) is 0.333. The molecule has 1 aliphatic rings. The molecule has 2 atom stereocenters. The standard InChI is InChI=1S/C24H24N2O5S/c1-14(2)9-11-30-17-6-4-5-16(13-17)20-19(21(27)18-8-7-15(3)31-18)22(28)23(29)26(20)24-25-10-12-32-24/h4-8,10,12-14,19-20H,9,11H2,1-3H3. The van der Waals surface area contributed by atoms with Gasteiger partial charge in [0.15, 0.2) is 10.9 Å². The summed E-state index contributed by atoms with van der Waals surface area (Å²) in [4.78, 5) is 44.9. The predicted octanol–water partition coefficient (Wildman–Crippen LogP) is 4.63. The van der Waals surface area contributed by atoms with Crippen LogP contribution in [0.15, 0.2) is 52.4 Å². The van der Waals surface area contributed by atoms with Crippen LogP contribution in [0.2, 0.25) is 0 Å². The topological polar surface area (TPSA) is 89.7 Å². The average molecular weight is 453 g/mol. The molecule has 1 aliphatic heterocycles. The van der Waals surface area contributed by atoms with E-state index in [2.05, 4.69) is 18.8 Å². The highest BCUT2D eigenvalue weighted by Gasteiger charge is 2.53. The second-order valence-corrected chi connectivity index (χ2v) is 9.03. The smallest absolute Gasteiger partial charge is 0.297 e. The molecule has 2 aromatic heterocycles. The Morgan fingerprint density at radius 1 is 1.25 bits per heavy atom. The summed E-state index contributed by atoms with van der Waals surface area (Å²) in [6.07, 6.45) is 2.46. The number of aromatic nitrogens is 1. The highest BCUT2D eigenvalue weighted by atomic mass is 32.1. The van der Waals surface area contributed by atoms with E-state index in [0.29, 0.717) is 34.7 Å². The monoisotopic (exact) mass is 452 g/mol. The molecule has 0 saturated carbocycles. The molecule has 4 rings (SSSR count). The lowest BCUT2D eigenvalue weighted by molar-refractivity contribution is -0.135. The zero-order valence-corrected chi connectivity index (χ0v) is 18.9. The second kappa shape index (κ2) is 9.08. The number of benzene rings is 1. The Morgan fingerprint density at radius 3 is 2.72 bits per heavy atom. The summed E-state index contributed by atoms with van der Waals surface area (Å²) < 4.78 is 11.4. The van der Waals surface area contributed by atoms with Crippen LogP contribution >= 0.6 is 11.3 Å². The lowest BCUT2D eigenvalue weighted by atomic mass is 9.88. The van der Waals surface area contributed by atoms with E-state index in [1.807, 2.05) is 6.07 Å². The van der Waals surface area contributed by atoms with Gasteiger partial charge in [-0.05, 0) is 49.1 Å². The van der Waals surface area contributed by atoms with Crippen molar-refractivity contribution in [3.63, 3.8) is 0 Å². The largest absolute Gasteiger partial charge is 0.494 e. The Labute approximate surface area is 190 Å². The van der Waals surface area contributed by atoms with E-state index < -0.39 is 29.4 Å². The third kappa shape index (κ3) is 4.23. The molecule has 166 valence electrons. The van der Waals surface area contributed by atoms with Gasteiger partial charge in [-0.1, -0.05) is 26.0 Å². The minimum atomic E-state index is -1.23. The van der Waals surface area contributed by atoms with E-state index in [1.54, 1.807) is 42.8 Å². The molecule has 2 unspecified atom stereocenters. The van der Waals surface area contributed by atoms with E-state index in [0.717, 1.165) is 6.42 Å². The Kier molecular flexibility index (Phi) is 6.23. The minimum Gasteiger partial charge on any atom is -0.494 e. The highest BCUT2D eigenvalue weighted by Crippen LogP contribution is 2.42. The average Bonchev–Trinajstić information content (AvgIpc) is 3.49. The molecule has 8 heteroatoms. The first-order chi connectivity index (χ1) is 15.4. The number of hydrogen-bond acceptors (Lipinski definition) is 7. The second-order valence-electron chi connectivity index (χ2n) is 8.15. The molecule has 3 aromatic rings. The molecule has 7 nitrogen and oxygen atoms in total. The van der Waals surface area contributed by atoms with Crippen molar-refractivity contribution in [2.45, 2.75) is 33.2 Å². The number of nitrogens with zero attached hydrogens (tertiary/aromatic N) is 2. The molecule has 1 amide bonds. The van der Waals surface area contributed by atoms with Gasteiger partial charge in [0.05, 0.1) is 12.6 Å². The Balaban J connectivity index is 1.74. The number of amides is 1. The van der Waals surface area contributed by atoms with Crippen LogP contribution in [0.3, 0.4) is 0 Å². The van der Waals surface area contributed by atoms with Crippen molar-refractivity contribution in [2.75, 3.05) is 11.5 Å². The van der Waals surface area contributed by atoms with Crippen LogP contribution in [-0.2, 0) is 9.59 Å². The first kappa shape index (κ1) is 22.0. The maximum atomic E-state index is 13.3. The number of hydrogen-bond donors (Lipinski definition) is 0. The van der Waals surface area contributed by atoms with Crippen molar-refractivity contribution >= 4 is 33.9 Å². The lowest BCUT2D eigenvalue weighted by Gasteiger charge is -2.25. The van der Waals surface area contributed by atoms with E-state index in [9.17, 15) is 14.4 Å². The van der Waals surface area contributed by atoms with Gasteiger partial charge in [-0.2, -0.15) is 0 Å². The van der Waals surface area contributed by atoms with Gasteiger partial charge in [-0.15, -0.1) is 11.3 Å². The van der Waals surface area contributed by atoms with Crippen LogP contribution in [0.4, 0.5) is 5.13 Å². The van der Waals surface area contributed by atoms with Gasteiger partial charge in [0, 0.05) is 11.6 Å². The van der Waals surface area contributed by atoms with Crippen LogP contribution in [0, 0.1) is 18.8 Å². The Bertz CT molecular complexity index is 1130. The number of ketones is 2. The van der Waals surface area contributed by atoms with Gasteiger partial charge in [0.25, 0.3) is 5.91 Å². The van der Waals surface area contributed by atoms with E-state index in [-0.39, 0.29) is 5.76 Å². The van der Waals surface area contributed by atoms with Crippen molar-refractivity contribution in [1.29, 1.82) is 0 Å². The molecule has 3 heterocycles. The van der Waals surface area contributed by atoms with Gasteiger partial charge < -0.3 is 9.15 Å². The van der Waals surface area contributed by atoms with E-state index >= 15 is 0 Å². The van der Waals surface area contributed by atoms with Crippen molar-refractivity contribution in [2.24, 2.45) is 11.8 Å². The van der Waals surface area contributed by atoms with Crippen LogP contribution in [0.5, 0.6) is 5.75 Å². The van der Waals surface area contributed by atoms with Gasteiger partial charge >= 0.3 is 0 Å². The highest BCUT2D eigenvalue weighted by molar-refractivity contribution is 7.14. The minimum absolute atomic E-state index is 0.0592. The number of ether oxygens (including phenoxy) is 1. The normalized spacial score (nSPS) is 18.6. The third-order valence-corrected chi connectivity index (χ3v) is 6.13. The van der Waals surface area contributed by atoms with Crippen molar-refractivity contribution < 1.29 is 23.5 Å². The van der Waals surface area contributed by atoms with Gasteiger partial charge in [0.1, 0.15) is 17.4 Å². The zero-order valence-electron chi connectivity index (χ0n) is 18.1. The summed E-state index contributed by atoms with van der Waals surface area (Å²) in [5.74, 6) is -1.54. The number of Topliss-reactive ketones (excluding diaryl/α,β-unsaturated/α-hetero) is 2. The van der Waals surface area contributed by atoms with Gasteiger partial charge in [0.2, 0.25) is 11.6 Å². The summed E-state index contributed by atoms with van der Waals surface area (Å²) in [7, 11) is 0. The maximum Gasteiger partial charge on any atom is 0.297 e. The fourth-order valence-electron chi connectivity index (χ4n) is 3.74. The van der Waals surface area contributed by atoms with E-state index in [1.165, 1.54) is 22.3 Å². The van der Waals surface area contributed by atoms with Crippen molar-refractivity contribution in [1.82, 2.24) is 4.98 Å². The Hall–Kier alpha value is -3.26. The number of carbonyl (C=O) groups is 3. The number of carbonyl (C=O) groups excluding carboxylic acids is 3. The maximum absolute atomic E-state index is 13.3. The van der Waals surface area contributed by atoms with Crippen LogP contribution in [0.25, 0.3) is 0 Å². The molecular formula is C24H24N2O5S. The SMILES string of the molecule is Cc1ccc(C(=O)C2C(=O)C(=O)N(c3nccs3)C2c2cccc(OCCC(C)C)c2)o1. The summed E-state index contributed by atoms with van der Waals surface area (Å²) in [5.41, 5.74) is 0.628. The molecule has 0 spiro atoms. The van der Waals surface area contributed by atoms with Gasteiger partial charge in [-0.25, -0.2) is 4.98 Å². The van der Waals surface area contributed by atoms with Crippen LogP contribution in [-0.4, -0.2) is 29.1 Å². The summed E-state index contributed by atoms with van der Waals surface area (Å²) >= 11 is 1.24. The first-order valence-electron chi connectivity index (χ1n) is 10.5. The quantitative estimate of drug-likeness (QED) is 0.281. The van der Waals surface area contributed by atoms with Crippen LogP contribution < -0.4 is 9.64 Å². The summed E-state index contributed by atoms with van der Waals surface area (Å²) in [5, 5.41) is 2.09. The van der Waals surface area contributed by atoms with Crippen molar-refractivity contribution in [3.8, 4) is 5.75 Å². The number of thiazole rings is 1. The Morgan fingerprint density at radius 2 is 2.06 bits per heavy atom. The van der Waals surface area contributed by atoms with E-state index in [4.69, 9.17) is 9.15 Å². The third-order valence-electron chi connectivity index (χ3n) is 5.36. The molecule has 1 aromatic carbocycles. The molecule has 0 radical (unpaired) electrons. The molecule has 1 saturated heterocycles.